The van der Waals surface area contributed by atoms with Crippen LogP contribution in [-0.4, -0.2) is 52.2 Å². The lowest BCUT2D eigenvalue weighted by molar-refractivity contribution is -0.128. The summed E-state index contributed by atoms with van der Waals surface area (Å²) in [5, 5.41) is 3.36. The minimum absolute atomic E-state index is 0.00695. The summed E-state index contributed by atoms with van der Waals surface area (Å²) in [5.41, 5.74) is 0. The van der Waals surface area contributed by atoms with E-state index in [1.54, 1.807) is 4.90 Å². The van der Waals surface area contributed by atoms with Gasteiger partial charge in [0.25, 0.3) is 0 Å². The molecule has 108 valence electrons. The van der Waals surface area contributed by atoms with Crippen LogP contribution in [0.3, 0.4) is 0 Å². The molecule has 0 aliphatic rings. The Morgan fingerprint density at radius 1 is 1.28 bits per heavy atom. The monoisotopic (exact) mass is 276 g/mol. The molecule has 0 heterocycles. The van der Waals surface area contributed by atoms with Crippen LogP contribution < -0.4 is 5.32 Å². The van der Waals surface area contributed by atoms with Gasteiger partial charge in [0.1, 0.15) is 5.75 Å². The van der Waals surface area contributed by atoms with Crippen molar-refractivity contribution in [3.63, 3.8) is 0 Å². The third kappa shape index (κ3) is 7.82. The summed E-state index contributed by atoms with van der Waals surface area (Å²) in [5.74, 6) is 0.778. The van der Waals surface area contributed by atoms with Gasteiger partial charge >= 0.3 is 0 Å². The van der Waals surface area contributed by atoms with Crippen molar-refractivity contribution in [1.29, 1.82) is 0 Å². The van der Waals surface area contributed by atoms with Gasteiger partial charge in [-0.15, -0.1) is 0 Å². The van der Waals surface area contributed by atoms with E-state index in [2.05, 4.69) is 19.2 Å². The Kier molecular flexibility index (Phi) is 10.3. The lowest BCUT2D eigenvalue weighted by Gasteiger charge is -2.18. The molecule has 1 amide bonds. The predicted octanol–water partition coefficient (Wildman–Crippen LogP) is 1.38. The standard InChI is InChI=1S/C13H28N2O2S/c1-5-9-14-12(4)8-10-18(17)11-13(16)15(6-2)7-3/h12,14H,5-11H2,1-4H3. The van der Waals surface area contributed by atoms with Crippen LogP contribution in [-0.2, 0) is 15.6 Å². The first-order valence-electron chi connectivity index (χ1n) is 6.91. The molecule has 0 spiro atoms. The van der Waals surface area contributed by atoms with Crippen LogP contribution in [0.1, 0.15) is 40.5 Å². The van der Waals surface area contributed by atoms with Crippen LogP contribution in [0.15, 0.2) is 0 Å². The molecule has 0 saturated carbocycles. The molecule has 0 aromatic rings. The fraction of sp³-hybridized carbons (Fsp3) is 0.923. The van der Waals surface area contributed by atoms with E-state index >= 15 is 0 Å². The molecule has 0 aromatic heterocycles. The van der Waals surface area contributed by atoms with Crippen LogP contribution in [0.2, 0.25) is 0 Å². The van der Waals surface area contributed by atoms with Crippen molar-refractivity contribution in [3.8, 4) is 0 Å². The summed E-state index contributed by atoms with van der Waals surface area (Å²) in [6.45, 7) is 10.5. The average molecular weight is 276 g/mol. The number of nitrogens with one attached hydrogen (secondary N) is 1. The van der Waals surface area contributed by atoms with Gasteiger partial charge in [0, 0.05) is 35.7 Å². The van der Waals surface area contributed by atoms with Crippen molar-refractivity contribution in [3.05, 3.63) is 0 Å². The quantitative estimate of drug-likeness (QED) is 0.656. The molecular formula is C13H28N2O2S. The number of carbonyl (C=O) groups is 1. The van der Waals surface area contributed by atoms with Crippen molar-refractivity contribution in [2.24, 2.45) is 0 Å². The number of nitrogens with zero attached hydrogens (tertiary/aromatic N) is 1. The summed E-state index contributed by atoms with van der Waals surface area (Å²) in [4.78, 5) is 13.5. The summed E-state index contributed by atoms with van der Waals surface area (Å²) in [6.07, 6.45) is 1.96. The number of hydrogen-bond donors (Lipinski definition) is 1. The molecule has 0 aliphatic carbocycles. The Bertz CT molecular complexity index is 255. The zero-order valence-corrected chi connectivity index (χ0v) is 13.0. The number of hydrogen-bond acceptors (Lipinski definition) is 3. The van der Waals surface area contributed by atoms with E-state index in [1.165, 1.54) is 0 Å². The maximum atomic E-state index is 11.8. The molecule has 2 unspecified atom stereocenters. The highest BCUT2D eigenvalue weighted by Gasteiger charge is 2.14. The fourth-order valence-electron chi connectivity index (χ4n) is 1.68. The maximum absolute atomic E-state index is 11.8. The van der Waals surface area contributed by atoms with E-state index in [0.29, 0.717) is 24.9 Å². The lowest BCUT2D eigenvalue weighted by Crippen LogP contribution is -2.35. The fourth-order valence-corrected chi connectivity index (χ4v) is 2.90. The zero-order chi connectivity index (χ0) is 14.0. The smallest absolute Gasteiger partial charge is 0.235 e. The number of amides is 1. The van der Waals surface area contributed by atoms with Gasteiger partial charge in [-0.2, -0.15) is 0 Å². The van der Waals surface area contributed by atoms with E-state index in [1.807, 2.05) is 13.8 Å². The molecule has 18 heavy (non-hydrogen) atoms. The van der Waals surface area contributed by atoms with Crippen LogP contribution in [0.5, 0.6) is 0 Å². The van der Waals surface area contributed by atoms with Gasteiger partial charge in [-0.25, -0.2) is 0 Å². The molecule has 5 heteroatoms. The molecule has 2 atom stereocenters. The molecule has 0 aliphatic heterocycles. The molecule has 0 radical (unpaired) electrons. The number of carbonyl (C=O) groups excluding carboxylic acids is 1. The Hall–Kier alpha value is -0.420. The van der Waals surface area contributed by atoms with E-state index in [4.69, 9.17) is 0 Å². The van der Waals surface area contributed by atoms with Crippen molar-refractivity contribution in [1.82, 2.24) is 10.2 Å². The lowest BCUT2D eigenvalue weighted by atomic mass is 10.2. The van der Waals surface area contributed by atoms with Crippen LogP contribution in [0.4, 0.5) is 0 Å². The van der Waals surface area contributed by atoms with E-state index in [0.717, 1.165) is 19.4 Å². The predicted molar refractivity (Wildman–Crippen MR) is 78.2 cm³/mol. The zero-order valence-electron chi connectivity index (χ0n) is 12.2. The van der Waals surface area contributed by atoms with Crippen LogP contribution in [0.25, 0.3) is 0 Å². The van der Waals surface area contributed by atoms with Crippen LogP contribution >= 0.6 is 0 Å². The topological polar surface area (TPSA) is 49.4 Å². The van der Waals surface area contributed by atoms with E-state index in [-0.39, 0.29) is 11.7 Å². The minimum atomic E-state index is -1.03. The van der Waals surface area contributed by atoms with Gasteiger partial charge in [0.15, 0.2) is 0 Å². The molecule has 0 fully saturated rings. The number of rotatable bonds is 10. The third-order valence-electron chi connectivity index (χ3n) is 2.92. The van der Waals surface area contributed by atoms with Crippen molar-refractivity contribution < 1.29 is 9.00 Å². The largest absolute Gasteiger partial charge is 0.342 e. The second-order valence-electron chi connectivity index (χ2n) is 4.50. The summed E-state index contributed by atoms with van der Waals surface area (Å²) >= 11 is 0. The van der Waals surface area contributed by atoms with Gasteiger partial charge in [-0.3, -0.25) is 9.00 Å². The third-order valence-corrected chi connectivity index (χ3v) is 4.18. The van der Waals surface area contributed by atoms with E-state index < -0.39 is 10.8 Å². The first-order chi connectivity index (χ1) is 8.54. The minimum Gasteiger partial charge on any atom is -0.342 e. The molecule has 4 nitrogen and oxygen atoms in total. The maximum Gasteiger partial charge on any atom is 0.235 e. The molecule has 0 bridgehead atoms. The van der Waals surface area contributed by atoms with Crippen molar-refractivity contribution in [2.45, 2.75) is 46.6 Å². The Labute approximate surface area is 114 Å². The molecular weight excluding hydrogens is 248 g/mol. The SMILES string of the molecule is CCCNC(C)CCS(=O)CC(=O)N(CC)CC. The highest BCUT2D eigenvalue weighted by molar-refractivity contribution is 7.85. The highest BCUT2D eigenvalue weighted by Crippen LogP contribution is 1.98. The molecule has 0 aromatic carbocycles. The highest BCUT2D eigenvalue weighted by atomic mass is 32.2. The van der Waals surface area contributed by atoms with Crippen molar-refractivity contribution >= 4 is 16.7 Å². The summed E-state index contributed by atoms with van der Waals surface area (Å²) in [7, 11) is -1.03. The summed E-state index contributed by atoms with van der Waals surface area (Å²) in [6, 6.07) is 0.373. The second-order valence-corrected chi connectivity index (χ2v) is 6.07. The molecule has 0 rings (SSSR count). The van der Waals surface area contributed by atoms with Crippen LogP contribution in [0, 0.1) is 0 Å². The van der Waals surface area contributed by atoms with Crippen molar-refractivity contribution in [2.75, 3.05) is 31.1 Å². The van der Waals surface area contributed by atoms with Gasteiger partial charge in [0.2, 0.25) is 5.91 Å². The Morgan fingerprint density at radius 3 is 2.39 bits per heavy atom. The van der Waals surface area contributed by atoms with E-state index in [9.17, 15) is 9.00 Å². The average Bonchev–Trinajstić information content (AvgIpc) is 2.35. The van der Waals surface area contributed by atoms with Gasteiger partial charge in [0.05, 0.1) is 0 Å². The van der Waals surface area contributed by atoms with Gasteiger partial charge in [-0.05, 0) is 40.2 Å². The van der Waals surface area contributed by atoms with Gasteiger partial charge < -0.3 is 10.2 Å². The second kappa shape index (κ2) is 10.5. The Morgan fingerprint density at radius 2 is 1.89 bits per heavy atom. The first kappa shape index (κ1) is 17.6. The Balaban J connectivity index is 3.86. The first-order valence-corrected chi connectivity index (χ1v) is 8.39. The normalized spacial score (nSPS) is 14.2. The molecule has 0 saturated heterocycles. The molecule has 1 N–H and O–H groups in total. The van der Waals surface area contributed by atoms with Gasteiger partial charge in [-0.1, -0.05) is 6.92 Å². The summed E-state index contributed by atoms with van der Waals surface area (Å²) < 4.78 is 11.8.